The standard InChI is InChI=1S/C15H30N2O3/c1-13(2,3)11(18)9-16-12(19)17-10-8-14(4,5)20-15(10,6)7/h10-11,18H,8-9H2,1-7H3,(H2,16,17,19). The fourth-order valence-corrected chi connectivity index (χ4v) is 2.49. The van der Waals surface area contributed by atoms with Gasteiger partial charge in [-0.25, -0.2) is 4.79 Å². The second-order valence-electron chi connectivity index (χ2n) is 7.96. The molecular weight excluding hydrogens is 256 g/mol. The Balaban J connectivity index is 2.48. The number of amides is 2. The van der Waals surface area contributed by atoms with Crippen LogP contribution in [0.2, 0.25) is 0 Å². The van der Waals surface area contributed by atoms with E-state index in [0.29, 0.717) is 0 Å². The van der Waals surface area contributed by atoms with Crippen LogP contribution < -0.4 is 10.6 Å². The molecule has 0 aromatic heterocycles. The molecule has 1 heterocycles. The summed E-state index contributed by atoms with van der Waals surface area (Å²) in [7, 11) is 0. The van der Waals surface area contributed by atoms with E-state index >= 15 is 0 Å². The zero-order chi connectivity index (χ0) is 15.8. The Morgan fingerprint density at radius 2 is 1.90 bits per heavy atom. The lowest BCUT2D eigenvalue weighted by molar-refractivity contribution is -0.0690. The average molecular weight is 286 g/mol. The third kappa shape index (κ3) is 4.63. The Labute approximate surface area is 122 Å². The molecule has 20 heavy (non-hydrogen) atoms. The van der Waals surface area contributed by atoms with E-state index < -0.39 is 6.10 Å². The molecule has 0 spiro atoms. The molecule has 1 saturated heterocycles. The fourth-order valence-electron chi connectivity index (χ4n) is 2.49. The molecule has 5 heteroatoms. The fraction of sp³-hybridized carbons (Fsp3) is 0.933. The summed E-state index contributed by atoms with van der Waals surface area (Å²) in [6.07, 6.45) is 0.201. The molecule has 2 amide bonds. The molecule has 0 aromatic rings. The molecule has 2 atom stereocenters. The SMILES string of the molecule is CC1(C)CC(NC(=O)NCC(O)C(C)(C)C)C(C)(C)O1. The Morgan fingerprint density at radius 3 is 2.30 bits per heavy atom. The molecule has 3 N–H and O–H groups in total. The summed E-state index contributed by atoms with van der Waals surface area (Å²) in [5.41, 5.74) is -0.860. The Morgan fingerprint density at radius 1 is 1.35 bits per heavy atom. The first kappa shape index (κ1) is 17.2. The summed E-state index contributed by atoms with van der Waals surface area (Å²) in [6, 6.07) is -0.294. The number of ether oxygens (including phenoxy) is 1. The number of hydrogen-bond acceptors (Lipinski definition) is 3. The van der Waals surface area contributed by atoms with Gasteiger partial charge in [-0.3, -0.25) is 0 Å². The molecule has 0 saturated carbocycles. The van der Waals surface area contributed by atoms with Crippen LogP contribution in [-0.2, 0) is 4.74 Å². The van der Waals surface area contributed by atoms with Crippen LogP contribution in [0.15, 0.2) is 0 Å². The molecule has 2 unspecified atom stereocenters. The smallest absolute Gasteiger partial charge is 0.315 e. The summed E-state index contributed by atoms with van der Waals surface area (Å²) in [6.45, 7) is 14.1. The average Bonchev–Trinajstić information content (AvgIpc) is 2.41. The molecule has 118 valence electrons. The van der Waals surface area contributed by atoms with Crippen molar-refractivity contribution in [1.82, 2.24) is 10.6 Å². The monoisotopic (exact) mass is 286 g/mol. The van der Waals surface area contributed by atoms with Gasteiger partial charge < -0.3 is 20.5 Å². The summed E-state index contributed by atoms with van der Waals surface area (Å²) in [4.78, 5) is 11.9. The van der Waals surface area contributed by atoms with Gasteiger partial charge in [-0.1, -0.05) is 20.8 Å². The number of nitrogens with one attached hydrogen (secondary N) is 2. The van der Waals surface area contributed by atoms with E-state index in [9.17, 15) is 9.90 Å². The van der Waals surface area contributed by atoms with E-state index in [4.69, 9.17) is 4.74 Å². The molecule has 0 aliphatic carbocycles. The van der Waals surface area contributed by atoms with E-state index in [1.165, 1.54) is 0 Å². The van der Waals surface area contributed by atoms with Gasteiger partial charge in [-0.15, -0.1) is 0 Å². The number of aliphatic hydroxyl groups is 1. The quantitative estimate of drug-likeness (QED) is 0.743. The lowest BCUT2D eigenvalue weighted by Gasteiger charge is -2.29. The molecule has 5 nitrogen and oxygen atoms in total. The van der Waals surface area contributed by atoms with Gasteiger partial charge in [0, 0.05) is 6.54 Å². The molecular formula is C15H30N2O3. The van der Waals surface area contributed by atoms with Crippen molar-refractivity contribution in [3.8, 4) is 0 Å². The van der Waals surface area contributed by atoms with Crippen LogP contribution in [0.5, 0.6) is 0 Å². The maximum absolute atomic E-state index is 11.9. The van der Waals surface area contributed by atoms with Crippen molar-refractivity contribution in [2.45, 2.75) is 78.2 Å². The van der Waals surface area contributed by atoms with E-state index in [0.717, 1.165) is 6.42 Å². The Bertz CT molecular complexity index is 359. The van der Waals surface area contributed by atoms with Crippen LogP contribution in [-0.4, -0.2) is 41.0 Å². The van der Waals surface area contributed by atoms with E-state index in [-0.39, 0.29) is 35.2 Å². The highest BCUT2D eigenvalue weighted by atomic mass is 16.5. The highest BCUT2D eigenvalue weighted by molar-refractivity contribution is 5.74. The largest absolute Gasteiger partial charge is 0.391 e. The van der Waals surface area contributed by atoms with Gasteiger partial charge in [-0.2, -0.15) is 0 Å². The van der Waals surface area contributed by atoms with Gasteiger partial charge >= 0.3 is 6.03 Å². The minimum absolute atomic E-state index is 0.0377. The number of rotatable bonds is 3. The number of aliphatic hydroxyl groups excluding tert-OH is 1. The molecule has 0 radical (unpaired) electrons. The van der Waals surface area contributed by atoms with Gasteiger partial charge in [0.15, 0.2) is 0 Å². The maximum atomic E-state index is 11.9. The number of urea groups is 1. The molecule has 0 aromatic carbocycles. The Hall–Kier alpha value is -0.810. The predicted octanol–water partition coefficient (Wildman–Crippen LogP) is 2.04. The van der Waals surface area contributed by atoms with Crippen molar-refractivity contribution < 1.29 is 14.6 Å². The lowest BCUT2D eigenvalue weighted by atomic mass is 9.89. The number of carbonyl (C=O) groups excluding carboxylic acids is 1. The Kier molecular flexibility index (Phi) is 4.76. The van der Waals surface area contributed by atoms with Crippen molar-refractivity contribution in [2.75, 3.05) is 6.54 Å². The second-order valence-corrected chi connectivity index (χ2v) is 7.96. The summed E-state index contributed by atoms with van der Waals surface area (Å²) in [5.74, 6) is 0. The first-order chi connectivity index (χ1) is 8.83. The number of carbonyl (C=O) groups is 1. The zero-order valence-corrected chi connectivity index (χ0v) is 13.8. The summed E-state index contributed by atoms with van der Waals surface area (Å²) in [5, 5.41) is 15.6. The second kappa shape index (κ2) is 5.53. The first-order valence-corrected chi connectivity index (χ1v) is 7.26. The third-order valence-electron chi connectivity index (χ3n) is 3.84. The van der Waals surface area contributed by atoms with Crippen LogP contribution in [0.4, 0.5) is 4.79 Å². The summed E-state index contributed by atoms with van der Waals surface area (Å²) >= 11 is 0. The van der Waals surface area contributed by atoms with Crippen molar-refractivity contribution in [2.24, 2.45) is 5.41 Å². The highest BCUT2D eigenvalue weighted by Crippen LogP contribution is 2.37. The van der Waals surface area contributed by atoms with Crippen LogP contribution >= 0.6 is 0 Å². The summed E-state index contributed by atoms with van der Waals surface area (Å²) < 4.78 is 5.94. The van der Waals surface area contributed by atoms with Gasteiger partial charge in [0.25, 0.3) is 0 Å². The topological polar surface area (TPSA) is 70.6 Å². The minimum atomic E-state index is -0.572. The normalized spacial score (nSPS) is 26.1. The maximum Gasteiger partial charge on any atom is 0.315 e. The number of hydrogen-bond donors (Lipinski definition) is 3. The van der Waals surface area contributed by atoms with Crippen molar-refractivity contribution in [3.63, 3.8) is 0 Å². The van der Waals surface area contributed by atoms with Crippen LogP contribution in [0.1, 0.15) is 54.9 Å². The highest BCUT2D eigenvalue weighted by Gasteiger charge is 2.46. The van der Waals surface area contributed by atoms with Crippen molar-refractivity contribution in [1.29, 1.82) is 0 Å². The minimum Gasteiger partial charge on any atom is -0.391 e. The van der Waals surface area contributed by atoms with E-state index in [1.54, 1.807) is 0 Å². The molecule has 1 aliphatic rings. The molecule has 1 fully saturated rings. The third-order valence-corrected chi connectivity index (χ3v) is 3.84. The van der Waals surface area contributed by atoms with Gasteiger partial charge in [0.05, 0.1) is 23.3 Å². The molecule has 1 aliphatic heterocycles. The molecule has 1 rings (SSSR count). The van der Waals surface area contributed by atoms with Crippen LogP contribution in [0, 0.1) is 5.41 Å². The van der Waals surface area contributed by atoms with Gasteiger partial charge in [0.1, 0.15) is 0 Å². The lowest BCUT2D eigenvalue weighted by Crippen LogP contribution is -2.51. The van der Waals surface area contributed by atoms with Crippen molar-refractivity contribution >= 4 is 6.03 Å². The zero-order valence-electron chi connectivity index (χ0n) is 13.8. The van der Waals surface area contributed by atoms with Crippen LogP contribution in [0.25, 0.3) is 0 Å². The van der Waals surface area contributed by atoms with E-state index in [1.807, 2.05) is 48.5 Å². The van der Waals surface area contributed by atoms with E-state index in [2.05, 4.69) is 10.6 Å². The van der Waals surface area contributed by atoms with Gasteiger partial charge in [0.2, 0.25) is 0 Å². The first-order valence-electron chi connectivity index (χ1n) is 7.26. The van der Waals surface area contributed by atoms with Crippen molar-refractivity contribution in [3.05, 3.63) is 0 Å². The van der Waals surface area contributed by atoms with Gasteiger partial charge in [-0.05, 0) is 39.5 Å². The molecule has 0 bridgehead atoms. The van der Waals surface area contributed by atoms with Crippen LogP contribution in [0.3, 0.4) is 0 Å². The predicted molar refractivity (Wildman–Crippen MR) is 79.6 cm³/mol.